The first-order chi connectivity index (χ1) is 21.0. The van der Waals surface area contributed by atoms with Gasteiger partial charge in [-0.05, 0) is 68.1 Å². The number of halogens is 1. The molecular weight excluding hydrogens is 569 g/mol. The van der Waals surface area contributed by atoms with Crippen LogP contribution in [0.4, 0.5) is 14.9 Å². The summed E-state index contributed by atoms with van der Waals surface area (Å²) in [6.45, 7) is 9.86. The minimum absolute atomic E-state index is 0.0774. The number of cyclic esters (lactones) is 1. The molecule has 244 valence electrons. The van der Waals surface area contributed by atoms with Gasteiger partial charge in [-0.1, -0.05) is 26.0 Å². The van der Waals surface area contributed by atoms with Crippen LogP contribution in [0.5, 0.6) is 0 Å². The fraction of sp³-hybridized carbons (Fsp3) is 0.636. The lowest BCUT2D eigenvalue weighted by Crippen LogP contribution is -2.48. The highest BCUT2D eigenvalue weighted by Gasteiger charge is 2.29. The summed E-state index contributed by atoms with van der Waals surface area (Å²) in [5.74, 6) is -1.29. The van der Waals surface area contributed by atoms with Crippen LogP contribution in [0.15, 0.2) is 35.9 Å². The first-order valence-electron chi connectivity index (χ1n) is 15.7. The van der Waals surface area contributed by atoms with Crippen LogP contribution >= 0.6 is 0 Å². The second-order valence-corrected chi connectivity index (χ2v) is 12.5. The topological polar surface area (TPSA) is 112 Å². The molecule has 2 N–H and O–H groups in total. The normalized spacial score (nSPS) is 30.6. The van der Waals surface area contributed by atoms with Crippen LogP contribution in [0.25, 0.3) is 6.08 Å². The zero-order valence-corrected chi connectivity index (χ0v) is 26.4. The molecule has 0 radical (unpaired) electrons. The van der Waals surface area contributed by atoms with E-state index in [2.05, 4.69) is 4.90 Å². The molecule has 0 spiro atoms. The van der Waals surface area contributed by atoms with Crippen LogP contribution in [0.2, 0.25) is 0 Å². The highest BCUT2D eigenvalue weighted by atomic mass is 19.1. The van der Waals surface area contributed by atoms with Crippen molar-refractivity contribution >= 4 is 23.8 Å². The van der Waals surface area contributed by atoms with E-state index >= 15 is 0 Å². The molecule has 44 heavy (non-hydrogen) atoms. The third kappa shape index (κ3) is 9.50. The summed E-state index contributed by atoms with van der Waals surface area (Å²) in [6.07, 6.45) is 3.58. The van der Waals surface area contributed by atoms with Crippen LogP contribution in [0.3, 0.4) is 0 Å². The lowest BCUT2D eigenvalue weighted by atomic mass is 9.91. The molecular formula is C33H48FN3O7. The van der Waals surface area contributed by atoms with Crippen molar-refractivity contribution in [2.75, 3.05) is 64.4 Å². The van der Waals surface area contributed by atoms with Gasteiger partial charge < -0.3 is 39.1 Å². The van der Waals surface area contributed by atoms with Gasteiger partial charge in [0.15, 0.2) is 0 Å². The molecule has 3 heterocycles. The molecule has 1 amide bonds. The average molecular weight is 618 g/mol. The van der Waals surface area contributed by atoms with Gasteiger partial charge in [0.1, 0.15) is 18.0 Å². The van der Waals surface area contributed by atoms with Crippen molar-refractivity contribution in [2.24, 2.45) is 11.8 Å². The zero-order valence-electron chi connectivity index (χ0n) is 26.4. The van der Waals surface area contributed by atoms with Crippen LogP contribution < -0.4 is 4.90 Å². The number of aliphatic hydroxyl groups is 2. The summed E-state index contributed by atoms with van der Waals surface area (Å²) < 4.78 is 32.2. The molecule has 2 saturated heterocycles. The van der Waals surface area contributed by atoms with E-state index < -0.39 is 30.1 Å². The second-order valence-electron chi connectivity index (χ2n) is 12.5. The summed E-state index contributed by atoms with van der Waals surface area (Å²) in [5.41, 5.74) is 1.99. The predicted octanol–water partition coefficient (Wildman–Crippen LogP) is 3.46. The standard InChI is InChI=1S/C33H48FN3O7/c1-22-5-7-28(39)19-31(40)44-32(23(2)6-8-30(22)43-33(41)36-11-9-35(4)10-12-36)24(3)15-25-16-26(34)18-27(17-25)37-13-14-42-29(20-37)21-38/h6,8,15-18,22-23,28-30,32,38-39H,5,7,9-14,19-21H2,1-4H3/b8-6+,24-15+/t22-,23-,28+,29+,30+,32-/m0/s1. The molecule has 1 aromatic rings. The van der Waals surface area contributed by atoms with Gasteiger partial charge in [-0.2, -0.15) is 0 Å². The SMILES string of the molecule is C/C(=C\c1cc(F)cc(N2CCO[C@@H](CO)C2)c1)[C@H]1OC(=O)C[C@H](O)CC[C@H](C)[C@H](OC(=O)N2CCN(C)CC2)/C=C/[C@@H]1C. The Bertz CT molecular complexity index is 1190. The summed E-state index contributed by atoms with van der Waals surface area (Å²) in [6, 6.07) is 4.75. The molecule has 10 nitrogen and oxygen atoms in total. The Hall–Kier alpha value is -2.99. The van der Waals surface area contributed by atoms with Gasteiger partial charge >= 0.3 is 12.1 Å². The fourth-order valence-electron chi connectivity index (χ4n) is 5.90. The maximum Gasteiger partial charge on any atom is 0.410 e. The maximum atomic E-state index is 14.8. The Morgan fingerprint density at radius 2 is 1.86 bits per heavy atom. The van der Waals surface area contributed by atoms with E-state index in [1.165, 1.54) is 12.1 Å². The largest absolute Gasteiger partial charge is 0.457 e. The van der Waals surface area contributed by atoms with E-state index in [1.54, 1.807) is 11.0 Å². The third-order valence-corrected chi connectivity index (χ3v) is 8.71. The summed E-state index contributed by atoms with van der Waals surface area (Å²) in [5, 5.41) is 20.1. The number of likely N-dealkylation sites (N-methyl/N-ethyl adjacent to an activating group) is 1. The van der Waals surface area contributed by atoms with Crippen molar-refractivity contribution in [3.05, 3.63) is 47.3 Å². The van der Waals surface area contributed by atoms with Gasteiger partial charge in [0.05, 0.1) is 31.8 Å². The molecule has 2 fully saturated rings. The van der Waals surface area contributed by atoms with Gasteiger partial charge in [0.2, 0.25) is 0 Å². The Labute approximate surface area is 260 Å². The minimum atomic E-state index is -0.885. The maximum absolute atomic E-state index is 14.8. The number of amides is 1. The van der Waals surface area contributed by atoms with E-state index in [4.69, 9.17) is 14.2 Å². The third-order valence-electron chi connectivity index (χ3n) is 8.71. The van der Waals surface area contributed by atoms with Crippen molar-refractivity contribution in [3.8, 4) is 0 Å². The van der Waals surface area contributed by atoms with Crippen molar-refractivity contribution < 1.29 is 38.4 Å². The number of carbonyl (C=O) groups is 2. The molecule has 0 aromatic heterocycles. The number of esters is 1. The first kappa shape index (κ1) is 33.9. The quantitative estimate of drug-likeness (QED) is 0.379. The molecule has 4 rings (SSSR count). The fourth-order valence-corrected chi connectivity index (χ4v) is 5.90. The van der Waals surface area contributed by atoms with Crippen molar-refractivity contribution in [1.29, 1.82) is 0 Å². The number of rotatable bonds is 5. The molecule has 11 heteroatoms. The van der Waals surface area contributed by atoms with E-state index in [0.717, 1.165) is 13.1 Å². The number of nitrogens with zero attached hydrogens (tertiary/aromatic N) is 3. The number of benzene rings is 1. The predicted molar refractivity (Wildman–Crippen MR) is 166 cm³/mol. The second kappa shape index (κ2) is 15.8. The van der Waals surface area contributed by atoms with Crippen LogP contribution in [-0.4, -0.2) is 116 Å². The van der Waals surface area contributed by atoms with Crippen molar-refractivity contribution in [3.63, 3.8) is 0 Å². The molecule has 0 bridgehead atoms. The number of carbonyl (C=O) groups excluding carboxylic acids is 2. The highest BCUT2D eigenvalue weighted by Crippen LogP contribution is 2.28. The molecule has 0 aliphatic carbocycles. The molecule has 3 aliphatic heterocycles. The van der Waals surface area contributed by atoms with Crippen LogP contribution in [0.1, 0.15) is 45.6 Å². The summed E-state index contributed by atoms with van der Waals surface area (Å²) in [7, 11) is 2.03. The Morgan fingerprint density at radius 1 is 1.11 bits per heavy atom. The lowest BCUT2D eigenvalue weighted by molar-refractivity contribution is -0.151. The number of aliphatic hydroxyl groups excluding tert-OH is 2. The number of piperazine rings is 1. The van der Waals surface area contributed by atoms with Gasteiger partial charge in [-0.15, -0.1) is 0 Å². The highest BCUT2D eigenvalue weighted by molar-refractivity contribution is 5.71. The molecule has 0 saturated carbocycles. The number of hydrogen-bond donors (Lipinski definition) is 2. The zero-order chi connectivity index (χ0) is 31.8. The van der Waals surface area contributed by atoms with Crippen LogP contribution in [0, 0.1) is 17.7 Å². The van der Waals surface area contributed by atoms with Gasteiger partial charge in [-0.3, -0.25) is 4.79 Å². The molecule has 6 atom stereocenters. The Morgan fingerprint density at radius 3 is 2.59 bits per heavy atom. The summed E-state index contributed by atoms with van der Waals surface area (Å²) >= 11 is 0. The number of morpholine rings is 1. The van der Waals surface area contributed by atoms with Crippen LogP contribution in [-0.2, 0) is 19.0 Å². The number of anilines is 1. The van der Waals surface area contributed by atoms with E-state index in [-0.39, 0.29) is 37.1 Å². The molecule has 1 aromatic carbocycles. The molecule has 0 unspecified atom stereocenters. The average Bonchev–Trinajstić information content (AvgIpc) is 3.00. The van der Waals surface area contributed by atoms with Crippen molar-refractivity contribution in [1.82, 2.24) is 9.80 Å². The van der Waals surface area contributed by atoms with Gasteiger partial charge in [-0.25, -0.2) is 9.18 Å². The van der Waals surface area contributed by atoms with Gasteiger partial charge in [0, 0.05) is 50.9 Å². The monoisotopic (exact) mass is 617 g/mol. The lowest BCUT2D eigenvalue weighted by Gasteiger charge is -2.34. The van der Waals surface area contributed by atoms with Gasteiger partial charge in [0.25, 0.3) is 0 Å². The first-order valence-corrected chi connectivity index (χ1v) is 15.7. The molecule has 3 aliphatic rings. The smallest absolute Gasteiger partial charge is 0.410 e. The minimum Gasteiger partial charge on any atom is -0.457 e. The Kier molecular flexibility index (Phi) is 12.2. The number of hydrogen-bond acceptors (Lipinski definition) is 9. The summed E-state index contributed by atoms with van der Waals surface area (Å²) in [4.78, 5) is 31.8. The van der Waals surface area contributed by atoms with E-state index in [0.29, 0.717) is 62.5 Å². The van der Waals surface area contributed by atoms with Crippen molar-refractivity contribution in [2.45, 2.75) is 64.4 Å². The number of ether oxygens (including phenoxy) is 3. The van der Waals surface area contributed by atoms with E-state index in [9.17, 15) is 24.2 Å². The van der Waals surface area contributed by atoms with E-state index in [1.807, 2.05) is 50.9 Å². The Balaban J connectivity index is 1.56.